The fourth-order valence-corrected chi connectivity index (χ4v) is 3.23. The number of carbonyl (C=O) groups excluding carboxylic acids is 1. The van der Waals surface area contributed by atoms with Gasteiger partial charge in [0.1, 0.15) is 5.76 Å². The Morgan fingerprint density at radius 2 is 1.93 bits per heavy atom. The zero-order valence-electron chi connectivity index (χ0n) is 15.1. The molecule has 0 bridgehead atoms. The highest BCUT2D eigenvalue weighted by molar-refractivity contribution is 6.33. The van der Waals surface area contributed by atoms with E-state index in [1.54, 1.807) is 12.1 Å². The molecule has 2 aromatic carbocycles. The van der Waals surface area contributed by atoms with Gasteiger partial charge in [-0.1, -0.05) is 41.9 Å². The molecule has 2 heterocycles. The number of esters is 1. The van der Waals surface area contributed by atoms with Gasteiger partial charge >= 0.3 is 5.97 Å². The summed E-state index contributed by atoms with van der Waals surface area (Å²) < 4.78 is 12.3. The molecule has 4 rings (SSSR count). The molecule has 0 radical (unpaired) electrons. The van der Waals surface area contributed by atoms with E-state index in [1.807, 2.05) is 60.9 Å². The SMILES string of the molecule is COC(=O)c1ccc(Cn2cc(C=Nc3ccccc3Cl)c3ccccc32)o1. The van der Waals surface area contributed by atoms with E-state index in [0.29, 0.717) is 17.3 Å². The number of nitrogens with zero attached hydrogens (tertiary/aromatic N) is 2. The van der Waals surface area contributed by atoms with Crippen LogP contribution < -0.4 is 0 Å². The number of methoxy groups -OCH3 is 1. The Bertz CT molecular complexity index is 1170. The molecule has 0 spiro atoms. The average molecular weight is 393 g/mol. The minimum Gasteiger partial charge on any atom is -0.463 e. The van der Waals surface area contributed by atoms with Crippen molar-refractivity contribution in [2.45, 2.75) is 6.54 Å². The minimum atomic E-state index is -0.490. The van der Waals surface area contributed by atoms with Gasteiger partial charge in [0, 0.05) is 28.9 Å². The van der Waals surface area contributed by atoms with Crippen LogP contribution in [-0.4, -0.2) is 23.9 Å². The molecule has 0 atom stereocenters. The van der Waals surface area contributed by atoms with E-state index in [0.717, 1.165) is 22.2 Å². The van der Waals surface area contributed by atoms with Crippen LogP contribution in [0.2, 0.25) is 5.02 Å². The van der Waals surface area contributed by atoms with Gasteiger partial charge in [0.2, 0.25) is 5.76 Å². The third-order valence-corrected chi connectivity index (χ3v) is 4.71. The lowest BCUT2D eigenvalue weighted by Gasteiger charge is -2.02. The first-order chi connectivity index (χ1) is 13.7. The zero-order valence-corrected chi connectivity index (χ0v) is 15.9. The van der Waals surface area contributed by atoms with Gasteiger partial charge < -0.3 is 13.7 Å². The van der Waals surface area contributed by atoms with Crippen molar-refractivity contribution >= 4 is 40.4 Å². The Labute approximate surface area is 166 Å². The first-order valence-electron chi connectivity index (χ1n) is 8.69. The maximum Gasteiger partial charge on any atom is 0.373 e. The fraction of sp³-hybridized carbons (Fsp3) is 0.0909. The monoisotopic (exact) mass is 392 g/mol. The average Bonchev–Trinajstić information content (AvgIpc) is 3.32. The van der Waals surface area contributed by atoms with Crippen molar-refractivity contribution in [3.05, 3.63) is 89.0 Å². The molecule has 5 nitrogen and oxygen atoms in total. The third kappa shape index (κ3) is 3.57. The van der Waals surface area contributed by atoms with Gasteiger partial charge in [-0.3, -0.25) is 4.99 Å². The van der Waals surface area contributed by atoms with Crippen LogP contribution in [0, 0.1) is 0 Å². The number of ether oxygens (including phenoxy) is 1. The fourth-order valence-electron chi connectivity index (χ4n) is 3.05. The molecule has 0 aliphatic rings. The molecule has 0 fully saturated rings. The van der Waals surface area contributed by atoms with E-state index in [1.165, 1.54) is 7.11 Å². The Kier molecular flexibility index (Phi) is 5.00. The summed E-state index contributed by atoms with van der Waals surface area (Å²) in [5.74, 6) is 0.362. The summed E-state index contributed by atoms with van der Waals surface area (Å²) >= 11 is 6.19. The number of halogens is 1. The van der Waals surface area contributed by atoms with E-state index in [-0.39, 0.29) is 5.76 Å². The highest BCUT2D eigenvalue weighted by Gasteiger charge is 2.13. The Morgan fingerprint density at radius 3 is 2.75 bits per heavy atom. The van der Waals surface area contributed by atoms with Gasteiger partial charge in [-0.05, 0) is 30.3 Å². The van der Waals surface area contributed by atoms with Crippen molar-refractivity contribution in [3.8, 4) is 0 Å². The molecule has 4 aromatic rings. The summed E-state index contributed by atoms with van der Waals surface area (Å²) in [4.78, 5) is 16.1. The molecular formula is C22H17ClN2O3. The predicted molar refractivity (Wildman–Crippen MR) is 110 cm³/mol. The van der Waals surface area contributed by atoms with Crippen LogP contribution in [-0.2, 0) is 11.3 Å². The van der Waals surface area contributed by atoms with Crippen molar-refractivity contribution in [2.24, 2.45) is 4.99 Å². The molecule has 0 saturated carbocycles. The topological polar surface area (TPSA) is 56.7 Å². The van der Waals surface area contributed by atoms with Crippen molar-refractivity contribution < 1.29 is 13.9 Å². The number of rotatable bonds is 5. The van der Waals surface area contributed by atoms with Crippen molar-refractivity contribution in [3.63, 3.8) is 0 Å². The second kappa shape index (κ2) is 7.74. The molecule has 0 unspecified atom stereocenters. The first-order valence-corrected chi connectivity index (χ1v) is 9.07. The van der Waals surface area contributed by atoms with Gasteiger partial charge in [0.05, 0.1) is 24.4 Å². The molecule has 0 amide bonds. The second-order valence-electron chi connectivity index (χ2n) is 6.20. The third-order valence-electron chi connectivity index (χ3n) is 4.39. The molecule has 0 aliphatic carbocycles. The van der Waals surface area contributed by atoms with Crippen LogP contribution in [0.3, 0.4) is 0 Å². The molecule has 0 aliphatic heterocycles. The molecule has 28 heavy (non-hydrogen) atoms. The number of hydrogen-bond acceptors (Lipinski definition) is 4. The summed E-state index contributed by atoms with van der Waals surface area (Å²) in [6, 6.07) is 18.9. The Hall–Kier alpha value is -3.31. The van der Waals surface area contributed by atoms with Crippen LogP contribution in [0.5, 0.6) is 0 Å². The minimum absolute atomic E-state index is 0.189. The molecule has 0 N–H and O–H groups in total. The Morgan fingerprint density at radius 1 is 1.14 bits per heavy atom. The lowest BCUT2D eigenvalue weighted by Crippen LogP contribution is -1.99. The van der Waals surface area contributed by atoms with Gasteiger partial charge in [0.25, 0.3) is 0 Å². The zero-order chi connectivity index (χ0) is 19.5. The van der Waals surface area contributed by atoms with Crippen LogP contribution in [0.4, 0.5) is 5.69 Å². The highest BCUT2D eigenvalue weighted by atomic mass is 35.5. The second-order valence-corrected chi connectivity index (χ2v) is 6.60. The van der Waals surface area contributed by atoms with Crippen molar-refractivity contribution in [1.82, 2.24) is 4.57 Å². The molecule has 140 valence electrons. The number of aromatic nitrogens is 1. The van der Waals surface area contributed by atoms with Gasteiger partial charge in [-0.15, -0.1) is 0 Å². The summed E-state index contributed by atoms with van der Waals surface area (Å²) in [5.41, 5.74) is 2.73. The quantitative estimate of drug-likeness (QED) is 0.334. The number of fused-ring (bicyclic) bond motifs is 1. The molecule has 6 heteroatoms. The van der Waals surface area contributed by atoms with E-state index >= 15 is 0 Å². The lowest BCUT2D eigenvalue weighted by molar-refractivity contribution is 0.0563. The maximum absolute atomic E-state index is 11.6. The van der Waals surface area contributed by atoms with Gasteiger partial charge in [-0.25, -0.2) is 4.79 Å². The molecule has 2 aromatic heterocycles. The number of benzene rings is 2. The summed E-state index contributed by atoms with van der Waals surface area (Å²) in [5, 5.41) is 1.67. The van der Waals surface area contributed by atoms with E-state index in [9.17, 15) is 4.79 Å². The maximum atomic E-state index is 11.6. The number of aliphatic imine (C=N–C) groups is 1. The standard InChI is InChI=1S/C22H17ClN2O3/c1-27-22(26)21-11-10-16(28-21)14-25-13-15(17-6-2-5-9-20(17)25)12-24-19-8-4-3-7-18(19)23/h2-13H,14H2,1H3. The summed E-state index contributed by atoms with van der Waals surface area (Å²) in [7, 11) is 1.33. The summed E-state index contributed by atoms with van der Waals surface area (Å²) in [6.07, 6.45) is 3.81. The van der Waals surface area contributed by atoms with E-state index in [2.05, 4.69) is 9.56 Å². The first kappa shape index (κ1) is 18.1. The van der Waals surface area contributed by atoms with Crippen LogP contribution in [0.1, 0.15) is 21.9 Å². The number of carbonyl (C=O) groups is 1. The Balaban J connectivity index is 1.68. The largest absolute Gasteiger partial charge is 0.463 e. The van der Waals surface area contributed by atoms with E-state index < -0.39 is 5.97 Å². The van der Waals surface area contributed by atoms with E-state index in [4.69, 9.17) is 20.8 Å². The lowest BCUT2D eigenvalue weighted by atomic mass is 10.2. The molecule has 0 saturated heterocycles. The van der Waals surface area contributed by atoms with Crippen LogP contribution in [0.25, 0.3) is 10.9 Å². The number of furan rings is 1. The van der Waals surface area contributed by atoms with Crippen molar-refractivity contribution in [2.75, 3.05) is 7.11 Å². The predicted octanol–water partition coefficient (Wildman–Crippen LogP) is 5.47. The summed E-state index contributed by atoms with van der Waals surface area (Å²) in [6.45, 7) is 0.484. The van der Waals surface area contributed by atoms with Crippen LogP contribution >= 0.6 is 11.6 Å². The number of para-hydroxylation sites is 2. The van der Waals surface area contributed by atoms with Crippen molar-refractivity contribution in [1.29, 1.82) is 0 Å². The normalized spacial score (nSPS) is 11.4. The smallest absolute Gasteiger partial charge is 0.373 e. The van der Waals surface area contributed by atoms with Crippen LogP contribution in [0.15, 0.2) is 76.3 Å². The van der Waals surface area contributed by atoms with Gasteiger partial charge in [-0.2, -0.15) is 0 Å². The highest BCUT2D eigenvalue weighted by Crippen LogP contribution is 2.26. The molecular weight excluding hydrogens is 376 g/mol. The van der Waals surface area contributed by atoms with Gasteiger partial charge in [0.15, 0.2) is 0 Å². The number of hydrogen-bond donors (Lipinski definition) is 0.